The maximum absolute atomic E-state index is 14.4. The fourth-order valence-electron chi connectivity index (χ4n) is 4.50. The van der Waals surface area contributed by atoms with Gasteiger partial charge in [-0.1, -0.05) is 12.1 Å². The number of hydrogen-bond donors (Lipinski definition) is 3. The van der Waals surface area contributed by atoms with E-state index < -0.39 is 11.6 Å². The Balaban J connectivity index is 1.57. The molecule has 2 aliphatic rings. The van der Waals surface area contributed by atoms with Gasteiger partial charge in [0.15, 0.2) is 0 Å². The van der Waals surface area contributed by atoms with Gasteiger partial charge in [0.2, 0.25) is 5.91 Å². The van der Waals surface area contributed by atoms with Crippen LogP contribution in [0.25, 0.3) is 0 Å². The van der Waals surface area contributed by atoms with Crippen molar-refractivity contribution in [3.8, 4) is 0 Å². The minimum absolute atomic E-state index is 0.0404. The zero-order valence-electron chi connectivity index (χ0n) is 15.2. The van der Waals surface area contributed by atoms with Crippen molar-refractivity contribution in [2.75, 3.05) is 18.4 Å². The van der Waals surface area contributed by atoms with Crippen LogP contribution < -0.4 is 16.4 Å². The van der Waals surface area contributed by atoms with Crippen LogP contribution in [0.5, 0.6) is 0 Å². The second-order valence-electron chi connectivity index (χ2n) is 7.66. The number of fused-ring (bicyclic) bond motifs is 1. The molecule has 0 spiro atoms. The first kappa shape index (κ1) is 18.8. The van der Waals surface area contributed by atoms with Crippen molar-refractivity contribution in [2.45, 2.75) is 24.8 Å². The van der Waals surface area contributed by atoms with E-state index in [4.69, 9.17) is 5.73 Å². The summed E-state index contributed by atoms with van der Waals surface area (Å²) in [6, 6.07) is 8.12. The maximum Gasteiger partial charge on any atom is 0.233 e. The van der Waals surface area contributed by atoms with E-state index in [-0.39, 0.29) is 36.1 Å². The van der Waals surface area contributed by atoms with E-state index in [0.29, 0.717) is 23.7 Å². The van der Waals surface area contributed by atoms with Gasteiger partial charge in [0, 0.05) is 18.5 Å². The predicted molar refractivity (Wildman–Crippen MR) is 100 cm³/mol. The zero-order valence-corrected chi connectivity index (χ0v) is 15.2. The summed E-state index contributed by atoms with van der Waals surface area (Å²) in [5.74, 6) is -1.34. The highest BCUT2D eigenvalue weighted by Crippen LogP contribution is 2.55. The van der Waals surface area contributed by atoms with Crippen molar-refractivity contribution in [2.24, 2.45) is 17.6 Å². The molecule has 0 saturated heterocycles. The van der Waals surface area contributed by atoms with Gasteiger partial charge >= 0.3 is 0 Å². The number of halogens is 3. The van der Waals surface area contributed by atoms with Crippen LogP contribution in [0.2, 0.25) is 0 Å². The number of hydrogen-bond acceptors (Lipinski definition) is 3. The molecule has 1 fully saturated rings. The summed E-state index contributed by atoms with van der Waals surface area (Å²) >= 11 is 0. The lowest BCUT2D eigenvalue weighted by atomic mass is 9.64. The molecule has 28 heavy (non-hydrogen) atoms. The molecule has 0 radical (unpaired) electrons. The molecule has 4 nitrogen and oxygen atoms in total. The van der Waals surface area contributed by atoms with Crippen LogP contribution in [0, 0.1) is 29.3 Å². The van der Waals surface area contributed by atoms with Gasteiger partial charge in [-0.2, -0.15) is 0 Å². The van der Waals surface area contributed by atoms with Crippen LogP contribution in [0.4, 0.5) is 18.9 Å². The summed E-state index contributed by atoms with van der Waals surface area (Å²) in [4.78, 5) is 11.3. The Bertz CT molecular complexity index is 881. The van der Waals surface area contributed by atoms with Gasteiger partial charge in [-0.05, 0) is 54.0 Å². The van der Waals surface area contributed by atoms with Gasteiger partial charge in [0.05, 0.1) is 18.3 Å². The lowest BCUT2D eigenvalue weighted by molar-refractivity contribution is -0.120. The van der Waals surface area contributed by atoms with Gasteiger partial charge in [0.25, 0.3) is 0 Å². The molecule has 4 N–H and O–H groups in total. The fourth-order valence-corrected chi connectivity index (χ4v) is 4.50. The topological polar surface area (TPSA) is 67.2 Å². The molecule has 1 aliphatic heterocycles. The number of nitrogens with one attached hydrogen (secondary N) is 2. The molecule has 2 aromatic rings. The highest BCUT2D eigenvalue weighted by molar-refractivity contribution is 5.77. The zero-order chi connectivity index (χ0) is 19.8. The average molecular weight is 389 g/mol. The molecular weight excluding hydrogens is 367 g/mol. The quantitative estimate of drug-likeness (QED) is 0.734. The van der Waals surface area contributed by atoms with Crippen molar-refractivity contribution >= 4 is 11.6 Å². The third-order valence-corrected chi connectivity index (χ3v) is 5.89. The first-order valence-electron chi connectivity index (χ1n) is 9.44. The van der Waals surface area contributed by atoms with Crippen LogP contribution in [0.1, 0.15) is 35.9 Å². The Labute approximate surface area is 161 Å². The molecule has 148 valence electrons. The Morgan fingerprint density at radius 3 is 2.50 bits per heavy atom. The number of benzene rings is 2. The summed E-state index contributed by atoms with van der Waals surface area (Å²) in [5.41, 5.74) is 7.08. The van der Waals surface area contributed by atoms with E-state index in [1.54, 1.807) is 12.1 Å². The molecule has 1 heterocycles. The van der Waals surface area contributed by atoms with Crippen LogP contribution in [0.15, 0.2) is 36.4 Å². The van der Waals surface area contributed by atoms with Gasteiger partial charge in [-0.25, -0.2) is 13.2 Å². The Hall–Kier alpha value is -2.54. The molecule has 2 unspecified atom stereocenters. The lowest BCUT2D eigenvalue weighted by Crippen LogP contribution is -2.40. The second kappa shape index (κ2) is 7.47. The summed E-state index contributed by atoms with van der Waals surface area (Å²) in [6.07, 6.45) is 1.68. The van der Waals surface area contributed by atoms with Gasteiger partial charge in [-0.3, -0.25) is 4.79 Å². The maximum atomic E-state index is 14.4. The highest BCUT2D eigenvalue weighted by Gasteiger charge is 2.45. The average Bonchev–Trinajstić information content (AvgIpc) is 3.00. The van der Waals surface area contributed by atoms with Crippen LogP contribution >= 0.6 is 0 Å². The van der Waals surface area contributed by atoms with E-state index in [2.05, 4.69) is 10.6 Å². The van der Waals surface area contributed by atoms with E-state index in [1.165, 1.54) is 18.2 Å². The van der Waals surface area contributed by atoms with Crippen LogP contribution in [0.3, 0.4) is 0 Å². The number of nitrogens with two attached hydrogens (primary N) is 1. The highest BCUT2D eigenvalue weighted by atomic mass is 19.1. The van der Waals surface area contributed by atoms with Crippen molar-refractivity contribution < 1.29 is 18.0 Å². The fraction of sp³-hybridized carbons (Fsp3) is 0.381. The minimum atomic E-state index is -0.615. The standard InChI is InChI=1S/C21H22F3N3O/c22-14-3-1-12(2-4-14)20-19(13-5-11(6-13)10-26-18(28)9-25)16-7-15(23)8-17(24)21(16)27-20/h1-4,7-8,11,13,19-20,27H,5-6,9-10,25H2,(H,26,28). The molecule has 0 bridgehead atoms. The van der Waals surface area contributed by atoms with E-state index >= 15 is 0 Å². The van der Waals surface area contributed by atoms with Gasteiger partial charge in [0.1, 0.15) is 17.5 Å². The summed E-state index contributed by atoms with van der Waals surface area (Å²) in [6.45, 7) is 0.513. The molecular formula is C21H22F3N3O. The molecule has 2 aromatic carbocycles. The summed E-state index contributed by atoms with van der Waals surface area (Å²) in [5, 5.41) is 5.98. The number of anilines is 1. The smallest absolute Gasteiger partial charge is 0.233 e. The third kappa shape index (κ3) is 3.46. The summed E-state index contributed by atoms with van der Waals surface area (Å²) < 4.78 is 41.6. The van der Waals surface area contributed by atoms with Crippen LogP contribution in [-0.4, -0.2) is 19.0 Å². The largest absolute Gasteiger partial charge is 0.375 e. The van der Waals surface area contributed by atoms with Gasteiger partial charge < -0.3 is 16.4 Å². The second-order valence-corrected chi connectivity index (χ2v) is 7.66. The van der Waals surface area contributed by atoms with Crippen LogP contribution in [-0.2, 0) is 4.79 Å². The number of carbonyl (C=O) groups excluding carboxylic acids is 1. The summed E-state index contributed by atoms with van der Waals surface area (Å²) in [7, 11) is 0. The molecule has 1 aliphatic carbocycles. The molecule has 4 rings (SSSR count). The first-order valence-corrected chi connectivity index (χ1v) is 9.44. The molecule has 2 atom stereocenters. The number of amides is 1. The Morgan fingerprint density at radius 1 is 1.11 bits per heavy atom. The lowest BCUT2D eigenvalue weighted by Gasteiger charge is -2.41. The SMILES string of the molecule is NCC(=O)NCC1CC(C2c3cc(F)cc(F)c3NC2c2ccc(F)cc2)C1. The normalized spacial score (nSPS) is 25.6. The minimum Gasteiger partial charge on any atom is -0.375 e. The monoisotopic (exact) mass is 389 g/mol. The Morgan fingerprint density at radius 2 is 1.82 bits per heavy atom. The van der Waals surface area contributed by atoms with E-state index in [9.17, 15) is 18.0 Å². The first-order chi connectivity index (χ1) is 13.5. The molecule has 1 saturated carbocycles. The van der Waals surface area contributed by atoms with Crippen molar-refractivity contribution in [1.82, 2.24) is 5.32 Å². The van der Waals surface area contributed by atoms with Crippen molar-refractivity contribution in [3.05, 3.63) is 65.0 Å². The molecule has 1 amide bonds. The third-order valence-electron chi connectivity index (χ3n) is 5.89. The van der Waals surface area contributed by atoms with E-state index in [0.717, 1.165) is 24.5 Å². The predicted octanol–water partition coefficient (Wildman–Crippen LogP) is 3.46. The van der Waals surface area contributed by atoms with Gasteiger partial charge in [-0.15, -0.1) is 0 Å². The molecule has 7 heteroatoms. The molecule has 0 aromatic heterocycles. The Kier molecular flexibility index (Phi) is 5.02. The van der Waals surface area contributed by atoms with E-state index in [1.807, 2.05) is 0 Å². The number of rotatable bonds is 5. The van der Waals surface area contributed by atoms with Crippen molar-refractivity contribution in [3.63, 3.8) is 0 Å². The van der Waals surface area contributed by atoms with Crippen molar-refractivity contribution in [1.29, 1.82) is 0 Å². The number of carbonyl (C=O) groups is 1.